The van der Waals surface area contributed by atoms with Crippen LogP contribution in [0.4, 0.5) is 11.4 Å². The minimum Gasteiger partial charge on any atom is -0.478 e. The van der Waals surface area contributed by atoms with E-state index in [0.29, 0.717) is 11.4 Å². The van der Waals surface area contributed by atoms with Gasteiger partial charge in [0.15, 0.2) is 9.84 Å². The van der Waals surface area contributed by atoms with E-state index < -0.39 is 27.8 Å². The first-order chi connectivity index (χ1) is 12.6. The van der Waals surface area contributed by atoms with Gasteiger partial charge in [0.05, 0.1) is 28.4 Å². The van der Waals surface area contributed by atoms with Crippen LogP contribution in [-0.2, 0) is 20.4 Å². The van der Waals surface area contributed by atoms with Gasteiger partial charge in [-0.25, -0.2) is 13.2 Å². The lowest BCUT2D eigenvalue weighted by Crippen LogP contribution is -2.43. The molecule has 1 atom stereocenters. The van der Waals surface area contributed by atoms with E-state index in [-0.39, 0.29) is 17.1 Å². The lowest BCUT2D eigenvalue weighted by molar-refractivity contribution is -0.116. The first-order valence-electron chi connectivity index (χ1n) is 8.36. The van der Waals surface area contributed by atoms with Crippen LogP contribution in [0.5, 0.6) is 0 Å². The third-order valence-corrected chi connectivity index (χ3v) is 6.06. The van der Waals surface area contributed by atoms with Crippen LogP contribution in [0.15, 0.2) is 36.4 Å². The van der Waals surface area contributed by atoms with Gasteiger partial charge in [-0.1, -0.05) is 23.8 Å². The standard InChI is InChI=1S/C19H20N2O5S/c1-11-3-4-12(2)14(7-11)9-27(25,26)10-17-18(22)21-16-8-13(19(23)24)5-6-15(16)20-17/h3-8,17,20H,9-10H2,1-2H3,(H,21,22)(H,23,24). The minimum atomic E-state index is -3.55. The fraction of sp³-hybridized carbons (Fsp3) is 0.263. The number of rotatable bonds is 5. The maximum absolute atomic E-state index is 12.6. The van der Waals surface area contributed by atoms with E-state index in [0.717, 1.165) is 16.7 Å². The Morgan fingerprint density at radius 3 is 2.56 bits per heavy atom. The Morgan fingerprint density at radius 2 is 1.85 bits per heavy atom. The molecule has 8 heteroatoms. The summed E-state index contributed by atoms with van der Waals surface area (Å²) in [6, 6.07) is 8.94. The number of fused-ring (bicyclic) bond motifs is 1. The van der Waals surface area contributed by atoms with Crippen LogP contribution in [-0.4, -0.2) is 37.2 Å². The highest BCUT2D eigenvalue weighted by Crippen LogP contribution is 2.28. The van der Waals surface area contributed by atoms with Crippen LogP contribution in [0.3, 0.4) is 0 Å². The molecule has 1 unspecified atom stereocenters. The molecule has 3 rings (SSSR count). The van der Waals surface area contributed by atoms with Crippen molar-refractivity contribution >= 4 is 33.1 Å². The second-order valence-corrected chi connectivity index (χ2v) is 8.85. The Hall–Kier alpha value is -2.87. The van der Waals surface area contributed by atoms with Crippen molar-refractivity contribution in [2.24, 2.45) is 0 Å². The molecule has 0 saturated heterocycles. The second-order valence-electron chi connectivity index (χ2n) is 6.74. The summed E-state index contributed by atoms with van der Waals surface area (Å²) in [6.45, 7) is 3.75. The molecule has 0 aromatic heterocycles. The number of hydrogen-bond acceptors (Lipinski definition) is 5. The Balaban J connectivity index is 1.78. The third kappa shape index (κ3) is 4.28. The van der Waals surface area contributed by atoms with Gasteiger partial charge in [-0.15, -0.1) is 0 Å². The molecule has 142 valence electrons. The van der Waals surface area contributed by atoms with E-state index in [1.807, 2.05) is 32.0 Å². The topological polar surface area (TPSA) is 113 Å². The molecule has 1 amide bonds. The van der Waals surface area contributed by atoms with Crippen molar-refractivity contribution in [3.8, 4) is 0 Å². The van der Waals surface area contributed by atoms with Gasteiger partial charge in [-0.2, -0.15) is 0 Å². The highest BCUT2D eigenvalue weighted by Gasteiger charge is 2.30. The fourth-order valence-corrected chi connectivity index (χ4v) is 4.65. The molecule has 0 spiro atoms. The highest BCUT2D eigenvalue weighted by molar-refractivity contribution is 7.90. The van der Waals surface area contributed by atoms with Gasteiger partial charge in [0.1, 0.15) is 6.04 Å². The van der Waals surface area contributed by atoms with E-state index in [1.54, 1.807) is 0 Å². The molecule has 0 saturated carbocycles. The van der Waals surface area contributed by atoms with E-state index >= 15 is 0 Å². The molecular formula is C19H20N2O5S. The second kappa shape index (κ2) is 7.03. The molecule has 0 bridgehead atoms. The van der Waals surface area contributed by atoms with E-state index in [1.165, 1.54) is 18.2 Å². The van der Waals surface area contributed by atoms with Crippen molar-refractivity contribution in [1.82, 2.24) is 0 Å². The summed E-state index contributed by atoms with van der Waals surface area (Å²) in [6.07, 6.45) is 0. The van der Waals surface area contributed by atoms with Gasteiger partial charge < -0.3 is 15.7 Å². The van der Waals surface area contributed by atoms with Gasteiger partial charge in [-0.3, -0.25) is 4.79 Å². The van der Waals surface area contributed by atoms with Crippen LogP contribution < -0.4 is 10.6 Å². The Labute approximate surface area is 157 Å². The van der Waals surface area contributed by atoms with Gasteiger partial charge in [0.2, 0.25) is 5.91 Å². The summed E-state index contributed by atoms with van der Waals surface area (Å²) in [5.74, 6) is -2.11. The van der Waals surface area contributed by atoms with Crippen molar-refractivity contribution < 1.29 is 23.1 Å². The molecule has 2 aromatic rings. The van der Waals surface area contributed by atoms with Crippen LogP contribution in [0.2, 0.25) is 0 Å². The number of amides is 1. The largest absolute Gasteiger partial charge is 0.478 e. The summed E-state index contributed by atoms with van der Waals surface area (Å²) in [4.78, 5) is 23.3. The lowest BCUT2D eigenvalue weighted by Gasteiger charge is -2.27. The van der Waals surface area contributed by atoms with Crippen molar-refractivity contribution in [2.45, 2.75) is 25.6 Å². The summed E-state index contributed by atoms with van der Waals surface area (Å²) in [5, 5.41) is 14.5. The fourth-order valence-electron chi connectivity index (χ4n) is 3.00. The lowest BCUT2D eigenvalue weighted by atomic mass is 10.1. The number of carbonyl (C=O) groups is 2. The monoisotopic (exact) mass is 388 g/mol. The number of carboxylic acid groups (broad SMARTS) is 1. The predicted octanol–water partition coefficient (Wildman–Crippen LogP) is 2.35. The average Bonchev–Trinajstić information content (AvgIpc) is 2.58. The average molecular weight is 388 g/mol. The van der Waals surface area contributed by atoms with E-state index in [4.69, 9.17) is 5.11 Å². The zero-order valence-corrected chi connectivity index (χ0v) is 15.8. The smallest absolute Gasteiger partial charge is 0.335 e. The van der Waals surface area contributed by atoms with Gasteiger partial charge >= 0.3 is 5.97 Å². The third-order valence-electron chi connectivity index (χ3n) is 4.47. The SMILES string of the molecule is Cc1ccc(C)c(CS(=O)(=O)CC2Nc3ccc(C(=O)O)cc3NC2=O)c1. The normalized spacial score (nSPS) is 16.2. The predicted molar refractivity (Wildman–Crippen MR) is 103 cm³/mol. The summed E-state index contributed by atoms with van der Waals surface area (Å²) in [5.41, 5.74) is 3.43. The number of aromatic carboxylic acids is 1. The van der Waals surface area contributed by atoms with Crippen molar-refractivity contribution in [1.29, 1.82) is 0 Å². The quantitative estimate of drug-likeness (QED) is 0.725. The van der Waals surface area contributed by atoms with Crippen LogP contribution in [0.1, 0.15) is 27.0 Å². The Morgan fingerprint density at radius 1 is 1.11 bits per heavy atom. The molecule has 0 radical (unpaired) electrons. The minimum absolute atomic E-state index is 0.0387. The highest BCUT2D eigenvalue weighted by atomic mass is 32.2. The summed E-state index contributed by atoms with van der Waals surface area (Å²) in [7, 11) is -3.55. The number of benzene rings is 2. The van der Waals surface area contributed by atoms with Crippen molar-refractivity contribution in [3.05, 3.63) is 58.7 Å². The summed E-state index contributed by atoms with van der Waals surface area (Å²) >= 11 is 0. The number of carbonyl (C=O) groups excluding carboxylic acids is 1. The van der Waals surface area contributed by atoms with Crippen LogP contribution >= 0.6 is 0 Å². The van der Waals surface area contributed by atoms with E-state index in [9.17, 15) is 18.0 Å². The zero-order valence-electron chi connectivity index (χ0n) is 14.9. The first kappa shape index (κ1) is 18.9. The van der Waals surface area contributed by atoms with Crippen LogP contribution in [0, 0.1) is 13.8 Å². The molecule has 1 aliphatic rings. The number of aryl methyl sites for hydroxylation is 2. The molecular weight excluding hydrogens is 368 g/mol. The van der Waals surface area contributed by atoms with Gasteiger partial charge in [0, 0.05) is 0 Å². The van der Waals surface area contributed by atoms with Crippen molar-refractivity contribution in [3.63, 3.8) is 0 Å². The zero-order chi connectivity index (χ0) is 19.8. The number of anilines is 2. The first-order valence-corrected chi connectivity index (χ1v) is 10.2. The molecule has 0 aliphatic carbocycles. The molecule has 1 heterocycles. The molecule has 27 heavy (non-hydrogen) atoms. The molecule has 3 N–H and O–H groups in total. The number of carboxylic acids is 1. The van der Waals surface area contributed by atoms with Crippen molar-refractivity contribution in [2.75, 3.05) is 16.4 Å². The van der Waals surface area contributed by atoms with E-state index in [2.05, 4.69) is 10.6 Å². The van der Waals surface area contributed by atoms with Crippen LogP contribution in [0.25, 0.3) is 0 Å². The number of hydrogen-bond donors (Lipinski definition) is 3. The molecule has 2 aromatic carbocycles. The van der Waals surface area contributed by atoms with Gasteiger partial charge in [0.25, 0.3) is 0 Å². The maximum atomic E-state index is 12.6. The molecule has 7 nitrogen and oxygen atoms in total. The van der Waals surface area contributed by atoms with Gasteiger partial charge in [-0.05, 0) is 43.2 Å². The number of nitrogens with one attached hydrogen (secondary N) is 2. The Kier molecular flexibility index (Phi) is 4.93. The molecule has 1 aliphatic heterocycles. The number of sulfone groups is 1. The molecule has 0 fully saturated rings. The summed E-state index contributed by atoms with van der Waals surface area (Å²) < 4.78 is 25.3. The maximum Gasteiger partial charge on any atom is 0.335 e. The Bertz CT molecular complexity index is 1030.